The average molecular weight is 827 g/mol. The van der Waals surface area contributed by atoms with Crippen molar-refractivity contribution >= 4 is 49.9 Å². The number of aromatic nitrogens is 8. The number of nitrogens with two attached hydrogens (primary N) is 2. The Kier molecular flexibility index (Phi) is 12.2. The summed E-state index contributed by atoms with van der Waals surface area (Å²) >= 11 is 0. The monoisotopic (exact) mass is 826 g/mol. The molecule has 0 saturated carbocycles. The summed E-state index contributed by atoms with van der Waals surface area (Å²) in [5.74, 6) is -0.358. The molecule has 55 heavy (non-hydrogen) atoms. The van der Waals surface area contributed by atoms with Gasteiger partial charge in [-0.1, -0.05) is 9.97 Å². The molecule has 4 aromatic rings. The number of nitrogen functional groups attached to an aromatic ring is 2. The van der Waals surface area contributed by atoms with E-state index in [2.05, 4.69) is 24.9 Å². The molecule has 304 valence electrons. The molecule has 6 heterocycles. The van der Waals surface area contributed by atoms with Crippen LogP contribution in [-0.2, 0) is 53.2 Å². The van der Waals surface area contributed by atoms with Gasteiger partial charge in [-0.2, -0.15) is 0 Å². The van der Waals surface area contributed by atoms with E-state index in [1.807, 2.05) is 0 Å². The summed E-state index contributed by atoms with van der Waals surface area (Å²) in [6, 6.07) is 0. The fourth-order valence-corrected chi connectivity index (χ4v) is 7.44. The van der Waals surface area contributed by atoms with E-state index in [4.69, 9.17) is 48.5 Å². The third-order valence-corrected chi connectivity index (χ3v) is 10.5. The van der Waals surface area contributed by atoms with Gasteiger partial charge in [0.05, 0.1) is 46.7 Å². The number of methoxy groups -OCH3 is 1. The minimum absolute atomic E-state index is 0.0537. The molecular weight excluding hydrogens is 786 g/mol. The van der Waals surface area contributed by atoms with Crippen LogP contribution in [0.2, 0.25) is 0 Å². The van der Waals surface area contributed by atoms with E-state index < -0.39 is 102 Å². The Morgan fingerprint density at radius 1 is 0.818 bits per heavy atom. The molecule has 10 atom stereocenters. The van der Waals surface area contributed by atoms with E-state index in [9.17, 15) is 43.8 Å². The van der Waals surface area contributed by atoms with Gasteiger partial charge < -0.3 is 55.5 Å². The summed E-state index contributed by atoms with van der Waals surface area (Å²) in [6.07, 6.45) is -7.52. The Balaban J connectivity index is 0.899. The number of anilines is 2. The molecule has 0 radical (unpaired) electrons. The highest BCUT2D eigenvalue weighted by molar-refractivity contribution is 7.47. The number of nitrogens with one attached hydrogen (secondary N) is 3. The fraction of sp³-hybridized carbons (Fsp3) is 0.615. The third kappa shape index (κ3) is 8.80. The number of phosphoric acid groups is 2. The first kappa shape index (κ1) is 40.9. The SMILES string of the molecule is CO[C@@H]1[C@H](O)[C@@H](COP(=O)(O)OCCOCCOP(=O)(O)OC[C@H]2O[C@@H]([n+]3cn(C)c4c(=O)[nH]c(N)nc43)[C@H](O)[C@@H]2O)O[C@H]1[n+]1c[nH]c2c(=O)[nH]c(N)nc21. The van der Waals surface area contributed by atoms with Crippen molar-refractivity contribution in [3.8, 4) is 0 Å². The molecule has 27 nitrogen and oxygen atoms in total. The number of aromatic amines is 3. The number of ether oxygens (including phenoxy) is 4. The Hall–Kier alpha value is -3.76. The van der Waals surface area contributed by atoms with Crippen molar-refractivity contribution in [2.75, 3.05) is 58.2 Å². The molecule has 2 fully saturated rings. The maximum Gasteiger partial charge on any atom is 0.472 e. The van der Waals surface area contributed by atoms with Gasteiger partial charge in [0.15, 0.2) is 12.7 Å². The summed E-state index contributed by atoms with van der Waals surface area (Å²) in [4.78, 5) is 60.3. The predicted molar refractivity (Wildman–Crippen MR) is 178 cm³/mol. The van der Waals surface area contributed by atoms with Crippen LogP contribution >= 0.6 is 15.6 Å². The van der Waals surface area contributed by atoms with Crippen LogP contribution in [0.25, 0.3) is 22.3 Å². The van der Waals surface area contributed by atoms with Gasteiger partial charge in [-0.3, -0.25) is 47.2 Å². The molecular formula is C26H40N10O17P2+2. The van der Waals surface area contributed by atoms with Crippen LogP contribution in [0.5, 0.6) is 0 Å². The van der Waals surface area contributed by atoms with E-state index in [1.165, 1.54) is 33.5 Å². The van der Waals surface area contributed by atoms with E-state index in [0.29, 0.717) is 0 Å². The molecule has 2 aliphatic heterocycles. The van der Waals surface area contributed by atoms with Crippen LogP contribution < -0.4 is 31.7 Å². The zero-order valence-electron chi connectivity index (χ0n) is 28.9. The van der Waals surface area contributed by atoms with E-state index in [0.717, 1.165) is 0 Å². The Bertz CT molecular complexity index is 2210. The number of aliphatic hydroxyl groups is 3. The van der Waals surface area contributed by atoms with Crippen molar-refractivity contribution in [2.45, 2.75) is 49.1 Å². The second kappa shape index (κ2) is 16.4. The molecule has 12 N–H and O–H groups in total. The molecule has 0 aliphatic carbocycles. The number of phosphoric ester groups is 2. The molecule has 6 rings (SSSR count). The van der Waals surface area contributed by atoms with Crippen molar-refractivity contribution < 1.29 is 80.4 Å². The lowest BCUT2D eigenvalue weighted by Crippen LogP contribution is -2.46. The first-order chi connectivity index (χ1) is 26.0. The number of aliphatic hydroxyl groups excluding tert-OH is 3. The summed E-state index contributed by atoms with van der Waals surface area (Å²) in [6.45, 7) is -2.80. The van der Waals surface area contributed by atoms with Gasteiger partial charge in [0.2, 0.25) is 23.5 Å². The lowest BCUT2D eigenvalue weighted by molar-refractivity contribution is -0.746. The van der Waals surface area contributed by atoms with E-state index >= 15 is 0 Å². The van der Waals surface area contributed by atoms with Gasteiger partial charge in [0.1, 0.15) is 36.6 Å². The molecule has 0 spiro atoms. The fourth-order valence-electron chi connectivity index (χ4n) is 6.01. The molecule has 29 heteroatoms. The number of fused-ring (bicyclic) bond motifs is 2. The number of aryl methyl sites for hydroxylation is 1. The summed E-state index contributed by atoms with van der Waals surface area (Å²) < 4.78 is 70.6. The maximum absolute atomic E-state index is 12.5. The smallest absolute Gasteiger partial charge is 0.387 e. The summed E-state index contributed by atoms with van der Waals surface area (Å²) in [7, 11) is -6.57. The van der Waals surface area contributed by atoms with Gasteiger partial charge in [-0.05, 0) is 0 Å². The molecule has 0 amide bonds. The van der Waals surface area contributed by atoms with E-state index in [1.54, 1.807) is 7.05 Å². The number of hydrogen-bond donors (Lipinski definition) is 10. The minimum Gasteiger partial charge on any atom is -0.387 e. The maximum atomic E-state index is 12.5. The zero-order chi connectivity index (χ0) is 39.8. The quantitative estimate of drug-likeness (QED) is 0.0272. The second-order valence-electron chi connectivity index (χ2n) is 12.2. The lowest BCUT2D eigenvalue weighted by Gasteiger charge is -2.18. The molecule has 2 aliphatic rings. The lowest BCUT2D eigenvalue weighted by atomic mass is 10.1. The van der Waals surface area contributed by atoms with Crippen molar-refractivity contribution in [1.82, 2.24) is 29.5 Å². The van der Waals surface area contributed by atoms with Gasteiger partial charge in [-0.25, -0.2) is 18.3 Å². The Morgan fingerprint density at radius 3 is 2.00 bits per heavy atom. The first-order valence-corrected chi connectivity index (χ1v) is 19.2. The average Bonchev–Trinajstić information content (AvgIpc) is 3.84. The van der Waals surface area contributed by atoms with E-state index in [-0.39, 0.29) is 47.4 Å². The number of imidazole rings is 2. The zero-order valence-corrected chi connectivity index (χ0v) is 30.7. The normalized spacial score (nSPS) is 27.9. The highest BCUT2D eigenvalue weighted by Crippen LogP contribution is 2.45. The van der Waals surface area contributed by atoms with Gasteiger partial charge in [-0.15, -0.1) is 0 Å². The third-order valence-electron chi connectivity index (χ3n) is 8.54. The van der Waals surface area contributed by atoms with Gasteiger partial charge in [0.25, 0.3) is 23.0 Å². The Labute approximate surface area is 307 Å². The van der Waals surface area contributed by atoms with Gasteiger partial charge >= 0.3 is 26.9 Å². The molecule has 0 aromatic carbocycles. The minimum atomic E-state index is -4.72. The molecule has 2 unspecified atom stereocenters. The van der Waals surface area contributed by atoms with Crippen LogP contribution in [-0.4, -0.2) is 138 Å². The highest BCUT2D eigenvalue weighted by atomic mass is 31.2. The molecule has 2 saturated heterocycles. The second-order valence-corrected chi connectivity index (χ2v) is 15.1. The first-order valence-electron chi connectivity index (χ1n) is 16.2. The standard InChI is InChI=1S/C26H38N10O17P2/c1-34-10-36(20-14(34)22(41)33-26(28)31-20)23-17(39)15(37)11(52-23)7-50-54(42,43)48-5-3-47-4-6-49-55(44,45)51-8-12-16(38)18(46-2)24(53-12)35-9-29-13-19(35)30-25(27)32-21(13)40/h9-12,15-18,23-24,37-39H,3-8H2,1-2H3,(H7-,27,28,30,31,32,33,40,41,42,43,44,45)/p+2/t11-,12-,15-,16-,17-,18-,23-,24-/m1/s1. The van der Waals surface area contributed by atoms with Crippen molar-refractivity contribution in [3.05, 3.63) is 33.4 Å². The summed E-state index contributed by atoms with van der Waals surface area (Å²) in [5, 5.41) is 31.9. The van der Waals surface area contributed by atoms with Crippen LogP contribution in [0.1, 0.15) is 12.5 Å². The van der Waals surface area contributed by atoms with Crippen molar-refractivity contribution in [1.29, 1.82) is 0 Å². The van der Waals surface area contributed by atoms with Crippen LogP contribution in [0, 0.1) is 0 Å². The Morgan fingerprint density at radius 2 is 1.38 bits per heavy atom. The number of H-pyrrole nitrogens is 3. The topological polar surface area (TPSA) is 381 Å². The number of rotatable bonds is 17. The number of hydrogen-bond acceptors (Lipinski definition) is 19. The van der Waals surface area contributed by atoms with Crippen molar-refractivity contribution in [2.24, 2.45) is 7.05 Å². The highest BCUT2D eigenvalue weighted by Gasteiger charge is 2.49. The van der Waals surface area contributed by atoms with Crippen LogP contribution in [0.4, 0.5) is 11.9 Å². The molecule has 4 aromatic heterocycles. The predicted octanol–water partition coefficient (Wildman–Crippen LogP) is -4.56. The van der Waals surface area contributed by atoms with Crippen LogP contribution in [0.3, 0.4) is 0 Å². The van der Waals surface area contributed by atoms with Crippen molar-refractivity contribution in [3.63, 3.8) is 0 Å². The number of nitrogens with zero attached hydrogens (tertiary/aromatic N) is 5. The van der Waals surface area contributed by atoms with Gasteiger partial charge in [0, 0.05) is 7.11 Å². The summed E-state index contributed by atoms with van der Waals surface area (Å²) in [5.41, 5.74) is 10.6. The van der Waals surface area contributed by atoms with Crippen LogP contribution in [0.15, 0.2) is 22.2 Å². The largest absolute Gasteiger partial charge is 0.472 e. The molecule has 0 bridgehead atoms.